The number of hydrogen-bond acceptors (Lipinski definition) is 2. The van der Waals surface area contributed by atoms with E-state index in [2.05, 4.69) is 15.9 Å². The van der Waals surface area contributed by atoms with E-state index < -0.39 is 6.10 Å². The molecule has 0 aliphatic heterocycles. The molecule has 0 bridgehead atoms. The molecule has 0 amide bonds. The molecule has 1 aromatic rings. The summed E-state index contributed by atoms with van der Waals surface area (Å²) >= 11 is 3.11. The molecule has 0 aliphatic rings. The molecule has 0 spiro atoms. The molecular weight excluding hydrogens is 263 g/mol. The number of halogens is 2. The Balaban J connectivity index is 2.53. The summed E-state index contributed by atoms with van der Waals surface area (Å²) in [5.41, 5.74) is 0.909. The van der Waals surface area contributed by atoms with Crippen LogP contribution < -0.4 is 0 Å². The second-order valence-corrected chi connectivity index (χ2v) is 4.24. The highest BCUT2D eigenvalue weighted by Crippen LogP contribution is 2.18. The quantitative estimate of drug-likeness (QED) is 0.896. The van der Waals surface area contributed by atoms with Crippen LogP contribution in [0.5, 0.6) is 0 Å². The van der Waals surface area contributed by atoms with Gasteiger partial charge in [0.25, 0.3) is 0 Å². The fraction of sp³-hybridized carbons (Fsp3) is 0.455. The standard InChI is InChI=1S/C11H14BrFO2/c1-15-5-4-9(14)6-8-2-3-11(13)10(12)7-8/h2-3,7,9,14H,4-6H2,1H3. The van der Waals surface area contributed by atoms with Crippen LogP contribution in [0, 0.1) is 5.82 Å². The molecule has 1 atom stereocenters. The van der Waals surface area contributed by atoms with Crippen molar-refractivity contribution in [3.63, 3.8) is 0 Å². The molecule has 15 heavy (non-hydrogen) atoms. The van der Waals surface area contributed by atoms with Gasteiger partial charge in [0.05, 0.1) is 10.6 Å². The van der Waals surface area contributed by atoms with Crippen LogP contribution in [0.25, 0.3) is 0 Å². The number of aliphatic hydroxyl groups is 1. The van der Waals surface area contributed by atoms with Crippen LogP contribution in [0.4, 0.5) is 4.39 Å². The summed E-state index contributed by atoms with van der Waals surface area (Å²) < 4.78 is 18.2. The fourth-order valence-electron chi connectivity index (χ4n) is 1.29. The Kier molecular flexibility index (Phi) is 5.22. The van der Waals surface area contributed by atoms with Crippen LogP contribution in [-0.2, 0) is 11.2 Å². The van der Waals surface area contributed by atoms with Crippen molar-refractivity contribution in [2.75, 3.05) is 13.7 Å². The zero-order chi connectivity index (χ0) is 11.3. The lowest BCUT2D eigenvalue weighted by Crippen LogP contribution is -2.13. The van der Waals surface area contributed by atoms with Crippen molar-refractivity contribution >= 4 is 15.9 Å². The second-order valence-electron chi connectivity index (χ2n) is 3.39. The molecule has 2 nitrogen and oxygen atoms in total. The molecule has 0 heterocycles. The summed E-state index contributed by atoms with van der Waals surface area (Å²) in [5.74, 6) is -0.287. The monoisotopic (exact) mass is 276 g/mol. The summed E-state index contributed by atoms with van der Waals surface area (Å²) in [6, 6.07) is 4.75. The van der Waals surface area contributed by atoms with Crippen LogP contribution in [0.1, 0.15) is 12.0 Å². The van der Waals surface area contributed by atoms with Gasteiger partial charge in [-0.05, 0) is 46.5 Å². The van der Waals surface area contributed by atoms with Gasteiger partial charge < -0.3 is 9.84 Å². The van der Waals surface area contributed by atoms with Crippen LogP contribution in [-0.4, -0.2) is 24.9 Å². The Bertz CT molecular complexity index is 317. The molecule has 0 saturated carbocycles. The number of methoxy groups -OCH3 is 1. The van der Waals surface area contributed by atoms with Crippen molar-refractivity contribution in [3.05, 3.63) is 34.1 Å². The van der Waals surface area contributed by atoms with Crippen LogP contribution in [0.2, 0.25) is 0 Å². The first kappa shape index (κ1) is 12.6. The third-order valence-electron chi connectivity index (χ3n) is 2.11. The predicted octanol–water partition coefficient (Wildman–Crippen LogP) is 2.53. The van der Waals surface area contributed by atoms with Crippen molar-refractivity contribution in [2.45, 2.75) is 18.9 Å². The Labute approximate surface area is 97.2 Å². The molecule has 1 rings (SSSR count). The van der Waals surface area contributed by atoms with Gasteiger partial charge in [-0.25, -0.2) is 4.39 Å². The van der Waals surface area contributed by atoms with Crippen molar-refractivity contribution in [2.24, 2.45) is 0 Å². The van der Waals surface area contributed by atoms with E-state index in [0.717, 1.165) is 5.56 Å². The van der Waals surface area contributed by atoms with Gasteiger partial charge in [0.1, 0.15) is 5.82 Å². The van der Waals surface area contributed by atoms with Crippen molar-refractivity contribution < 1.29 is 14.2 Å². The van der Waals surface area contributed by atoms with Gasteiger partial charge in [-0.3, -0.25) is 0 Å². The third kappa shape index (κ3) is 4.28. The maximum Gasteiger partial charge on any atom is 0.137 e. The number of aliphatic hydroxyl groups excluding tert-OH is 1. The molecule has 1 unspecified atom stereocenters. The summed E-state index contributed by atoms with van der Waals surface area (Å²) in [6.45, 7) is 0.531. The van der Waals surface area contributed by atoms with E-state index in [9.17, 15) is 9.50 Å². The lowest BCUT2D eigenvalue weighted by atomic mass is 10.1. The highest BCUT2D eigenvalue weighted by molar-refractivity contribution is 9.10. The average Bonchev–Trinajstić information content (AvgIpc) is 2.20. The molecule has 0 saturated heterocycles. The maximum absolute atomic E-state index is 12.9. The number of hydrogen-bond donors (Lipinski definition) is 1. The lowest BCUT2D eigenvalue weighted by molar-refractivity contribution is 0.110. The fourth-order valence-corrected chi connectivity index (χ4v) is 1.72. The zero-order valence-corrected chi connectivity index (χ0v) is 10.1. The topological polar surface area (TPSA) is 29.5 Å². The first-order valence-corrected chi connectivity index (χ1v) is 5.53. The number of rotatable bonds is 5. The summed E-state index contributed by atoms with van der Waals surface area (Å²) in [7, 11) is 1.60. The second kappa shape index (κ2) is 6.20. The first-order valence-electron chi connectivity index (χ1n) is 4.74. The molecule has 0 radical (unpaired) electrons. The smallest absolute Gasteiger partial charge is 0.137 e. The minimum absolute atomic E-state index is 0.287. The minimum Gasteiger partial charge on any atom is -0.393 e. The van der Waals surface area contributed by atoms with Gasteiger partial charge in [0, 0.05) is 13.7 Å². The van der Waals surface area contributed by atoms with Crippen molar-refractivity contribution in [1.82, 2.24) is 0 Å². The van der Waals surface area contributed by atoms with Gasteiger partial charge in [-0.2, -0.15) is 0 Å². The largest absolute Gasteiger partial charge is 0.393 e. The molecular formula is C11H14BrFO2. The van der Waals surface area contributed by atoms with Gasteiger partial charge in [0.15, 0.2) is 0 Å². The van der Waals surface area contributed by atoms with E-state index in [1.54, 1.807) is 19.2 Å². The van der Waals surface area contributed by atoms with E-state index in [4.69, 9.17) is 4.74 Å². The predicted molar refractivity (Wildman–Crippen MR) is 60.3 cm³/mol. The van der Waals surface area contributed by atoms with E-state index in [-0.39, 0.29) is 5.82 Å². The minimum atomic E-state index is -0.442. The number of benzene rings is 1. The Hall–Kier alpha value is -0.450. The van der Waals surface area contributed by atoms with E-state index in [0.29, 0.717) is 23.9 Å². The molecule has 0 aliphatic carbocycles. The van der Waals surface area contributed by atoms with Crippen LogP contribution in [0.3, 0.4) is 0 Å². The Morgan fingerprint density at radius 3 is 2.87 bits per heavy atom. The third-order valence-corrected chi connectivity index (χ3v) is 2.72. The summed E-state index contributed by atoms with van der Waals surface area (Å²) in [4.78, 5) is 0. The van der Waals surface area contributed by atoms with E-state index >= 15 is 0 Å². The highest BCUT2D eigenvalue weighted by Gasteiger charge is 2.07. The first-order chi connectivity index (χ1) is 7.13. The summed E-state index contributed by atoms with van der Waals surface area (Å²) in [5, 5.41) is 9.60. The van der Waals surface area contributed by atoms with E-state index in [1.807, 2.05) is 0 Å². The van der Waals surface area contributed by atoms with Crippen molar-refractivity contribution in [1.29, 1.82) is 0 Å². The molecule has 0 fully saturated rings. The van der Waals surface area contributed by atoms with Gasteiger partial charge in [-0.15, -0.1) is 0 Å². The van der Waals surface area contributed by atoms with Gasteiger partial charge in [0.2, 0.25) is 0 Å². The molecule has 1 aromatic carbocycles. The molecule has 1 N–H and O–H groups in total. The van der Waals surface area contributed by atoms with Crippen LogP contribution in [0.15, 0.2) is 22.7 Å². The Morgan fingerprint density at radius 2 is 2.27 bits per heavy atom. The maximum atomic E-state index is 12.9. The lowest BCUT2D eigenvalue weighted by Gasteiger charge is -2.10. The normalized spacial score (nSPS) is 12.8. The van der Waals surface area contributed by atoms with Crippen molar-refractivity contribution in [3.8, 4) is 0 Å². The Morgan fingerprint density at radius 1 is 1.53 bits per heavy atom. The average molecular weight is 277 g/mol. The molecule has 84 valence electrons. The highest BCUT2D eigenvalue weighted by atomic mass is 79.9. The van der Waals surface area contributed by atoms with Gasteiger partial charge in [-0.1, -0.05) is 6.07 Å². The molecule has 0 aromatic heterocycles. The van der Waals surface area contributed by atoms with Gasteiger partial charge >= 0.3 is 0 Å². The van der Waals surface area contributed by atoms with E-state index in [1.165, 1.54) is 6.07 Å². The number of ether oxygens (including phenoxy) is 1. The zero-order valence-electron chi connectivity index (χ0n) is 8.54. The summed E-state index contributed by atoms with van der Waals surface area (Å²) in [6.07, 6.45) is 0.663. The SMILES string of the molecule is COCCC(O)Cc1ccc(F)c(Br)c1. The molecule has 4 heteroatoms. The van der Waals surface area contributed by atoms with Crippen LogP contribution >= 0.6 is 15.9 Å².